The lowest BCUT2D eigenvalue weighted by Gasteiger charge is -2.09. The Balaban J connectivity index is 2.45. The van der Waals surface area contributed by atoms with Crippen molar-refractivity contribution in [3.8, 4) is 11.1 Å². The zero-order valence-corrected chi connectivity index (χ0v) is 10.5. The number of halogens is 3. The van der Waals surface area contributed by atoms with Crippen LogP contribution in [-0.2, 0) is 6.54 Å². The monoisotopic (exact) mass is 265 g/mol. The van der Waals surface area contributed by atoms with Gasteiger partial charge in [0.2, 0.25) is 0 Å². The Morgan fingerprint density at radius 1 is 0.947 bits per heavy atom. The van der Waals surface area contributed by atoms with Gasteiger partial charge in [-0.2, -0.15) is 0 Å². The molecule has 0 saturated carbocycles. The molecule has 2 aromatic rings. The molecule has 0 unspecified atom stereocenters. The van der Waals surface area contributed by atoms with Gasteiger partial charge in [-0.3, -0.25) is 0 Å². The number of hydrogen-bond donors (Lipinski definition) is 1. The fraction of sp³-hybridized carbons (Fsp3) is 0.200. The van der Waals surface area contributed by atoms with Gasteiger partial charge in [-0.05, 0) is 36.4 Å². The highest BCUT2D eigenvalue weighted by atomic mass is 19.1. The van der Waals surface area contributed by atoms with Crippen LogP contribution in [0.2, 0.25) is 0 Å². The molecule has 19 heavy (non-hydrogen) atoms. The second-order valence-corrected chi connectivity index (χ2v) is 4.18. The lowest BCUT2D eigenvalue weighted by molar-refractivity contribution is 0.585. The van der Waals surface area contributed by atoms with Crippen molar-refractivity contribution < 1.29 is 13.2 Å². The normalized spacial score (nSPS) is 10.7. The van der Waals surface area contributed by atoms with E-state index in [4.69, 9.17) is 0 Å². The molecule has 2 rings (SSSR count). The summed E-state index contributed by atoms with van der Waals surface area (Å²) in [7, 11) is 0. The van der Waals surface area contributed by atoms with Gasteiger partial charge in [-0.15, -0.1) is 0 Å². The predicted octanol–water partition coefficient (Wildman–Crippen LogP) is 3.88. The number of rotatable bonds is 4. The van der Waals surface area contributed by atoms with Crippen LogP contribution in [0.5, 0.6) is 0 Å². The Labute approximate surface area is 110 Å². The maximum absolute atomic E-state index is 13.7. The first-order valence-electron chi connectivity index (χ1n) is 6.07. The molecule has 2 aromatic carbocycles. The molecule has 0 bridgehead atoms. The minimum Gasteiger partial charge on any atom is -0.313 e. The average molecular weight is 265 g/mol. The van der Waals surface area contributed by atoms with Gasteiger partial charge in [0.1, 0.15) is 17.5 Å². The van der Waals surface area contributed by atoms with E-state index >= 15 is 0 Å². The standard InChI is InChI=1S/C15H14F3N/c1-2-19-9-11-8-10(6-7-12(11)16)15-13(17)4-3-5-14(15)18/h3-8,19H,2,9H2,1H3. The van der Waals surface area contributed by atoms with Gasteiger partial charge < -0.3 is 5.32 Å². The first-order chi connectivity index (χ1) is 9.13. The zero-order chi connectivity index (χ0) is 13.8. The smallest absolute Gasteiger partial charge is 0.133 e. The summed E-state index contributed by atoms with van der Waals surface area (Å²) >= 11 is 0. The molecule has 0 aliphatic heterocycles. The molecule has 0 heterocycles. The van der Waals surface area contributed by atoms with E-state index in [1.165, 1.54) is 36.4 Å². The summed E-state index contributed by atoms with van der Waals surface area (Å²) in [6.07, 6.45) is 0. The molecule has 0 radical (unpaired) electrons. The molecule has 0 atom stereocenters. The maximum atomic E-state index is 13.7. The summed E-state index contributed by atoms with van der Waals surface area (Å²) in [4.78, 5) is 0. The molecule has 4 heteroatoms. The molecule has 0 aromatic heterocycles. The maximum Gasteiger partial charge on any atom is 0.133 e. The molecule has 1 N–H and O–H groups in total. The van der Waals surface area contributed by atoms with E-state index in [2.05, 4.69) is 5.32 Å². The highest BCUT2D eigenvalue weighted by Crippen LogP contribution is 2.27. The first-order valence-corrected chi connectivity index (χ1v) is 6.07. The minimum atomic E-state index is -0.652. The third kappa shape index (κ3) is 2.96. The molecule has 0 amide bonds. The highest BCUT2D eigenvalue weighted by molar-refractivity contribution is 5.65. The summed E-state index contributed by atoms with van der Waals surface area (Å²) in [6, 6.07) is 7.76. The van der Waals surface area contributed by atoms with Crippen molar-refractivity contribution >= 4 is 0 Å². The van der Waals surface area contributed by atoms with Crippen LogP contribution >= 0.6 is 0 Å². The van der Waals surface area contributed by atoms with E-state index < -0.39 is 11.6 Å². The lowest BCUT2D eigenvalue weighted by atomic mass is 10.0. The summed E-state index contributed by atoms with van der Waals surface area (Å²) in [5.41, 5.74) is 0.604. The number of hydrogen-bond acceptors (Lipinski definition) is 1. The fourth-order valence-electron chi connectivity index (χ4n) is 1.90. The summed E-state index contributed by atoms with van der Waals surface area (Å²) < 4.78 is 40.9. The molecule has 0 spiro atoms. The Kier molecular flexibility index (Phi) is 4.22. The molecular formula is C15H14F3N. The minimum absolute atomic E-state index is 0.125. The summed E-state index contributed by atoms with van der Waals surface area (Å²) in [5.74, 6) is -1.69. The van der Waals surface area contributed by atoms with Crippen LogP contribution in [0.4, 0.5) is 13.2 Å². The van der Waals surface area contributed by atoms with Crippen molar-refractivity contribution in [2.75, 3.05) is 6.54 Å². The molecule has 0 saturated heterocycles. The Morgan fingerprint density at radius 3 is 2.26 bits per heavy atom. The third-order valence-corrected chi connectivity index (χ3v) is 2.86. The molecule has 0 fully saturated rings. The number of benzene rings is 2. The largest absolute Gasteiger partial charge is 0.313 e. The van der Waals surface area contributed by atoms with E-state index in [-0.39, 0.29) is 11.4 Å². The van der Waals surface area contributed by atoms with Crippen molar-refractivity contribution in [1.82, 2.24) is 5.32 Å². The molecule has 0 aliphatic carbocycles. The topological polar surface area (TPSA) is 12.0 Å². The SMILES string of the molecule is CCNCc1cc(-c2c(F)cccc2F)ccc1F. The molecule has 1 nitrogen and oxygen atoms in total. The summed E-state index contributed by atoms with van der Waals surface area (Å²) in [5, 5.41) is 2.99. The van der Waals surface area contributed by atoms with Crippen LogP contribution in [0.1, 0.15) is 12.5 Å². The van der Waals surface area contributed by atoms with Crippen LogP contribution < -0.4 is 5.32 Å². The van der Waals surface area contributed by atoms with Gasteiger partial charge in [0.25, 0.3) is 0 Å². The van der Waals surface area contributed by atoms with Gasteiger partial charge in [0, 0.05) is 12.1 Å². The Morgan fingerprint density at radius 2 is 1.63 bits per heavy atom. The Bertz CT molecular complexity index is 561. The second-order valence-electron chi connectivity index (χ2n) is 4.18. The van der Waals surface area contributed by atoms with Crippen LogP contribution in [0.3, 0.4) is 0 Å². The molecule has 100 valence electrons. The van der Waals surface area contributed by atoms with E-state index in [1.807, 2.05) is 6.92 Å². The van der Waals surface area contributed by atoms with Crippen molar-refractivity contribution in [2.24, 2.45) is 0 Å². The van der Waals surface area contributed by atoms with Gasteiger partial charge in [0.15, 0.2) is 0 Å². The van der Waals surface area contributed by atoms with Gasteiger partial charge in [-0.1, -0.05) is 19.1 Å². The molecular weight excluding hydrogens is 251 g/mol. The first kappa shape index (κ1) is 13.6. The van der Waals surface area contributed by atoms with E-state index in [9.17, 15) is 13.2 Å². The van der Waals surface area contributed by atoms with Gasteiger partial charge in [-0.25, -0.2) is 13.2 Å². The third-order valence-electron chi connectivity index (χ3n) is 2.86. The van der Waals surface area contributed by atoms with Gasteiger partial charge >= 0.3 is 0 Å². The quantitative estimate of drug-likeness (QED) is 0.884. The second kappa shape index (κ2) is 5.89. The molecule has 0 aliphatic rings. The van der Waals surface area contributed by atoms with Crippen LogP contribution in [0, 0.1) is 17.5 Å². The van der Waals surface area contributed by atoms with Crippen LogP contribution in [-0.4, -0.2) is 6.54 Å². The van der Waals surface area contributed by atoms with Crippen molar-refractivity contribution in [1.29, 1.82) is 0 Å². The number of nitrogens with one attached hydrogen (secondary N) is 1. The van der Waals surface area contributed by atoms with Gasteiger partial charge in [0.05, 0.1) is 5.56 Å². The van der Waals surface area contributed by atoms with Crippen molar-refractivity contribution in [3.63, 3.8) is 0 Å². The zero-order valence-electron chi connectivity index (χ0n) is 10.5. The van der Waals surface area contributed by atoms with Crippen LogP contribution in [0.15, 0.2) is 36.4 Å². The predicted molar refractivity (Wildman–Crippen MR) is 69.1 cm³/mol. The van der Waals surface area contributed by atoms with Crippen molar-refractivity contribution in [3.05, 3.63) is 59.4 Å². The summed E-state index contributed by atoms with van der Waals surface area (Å²) in [6.45, 7) is 2.92. The average Bonchev–Trinajstić information content (AvgIpc) is 2.39. The van der Waals surface area contributed by atoms with E-state index in [0.717, 1.165) is 0 Å². The highest BCUT2D eigenvalue weighted by Gasteiger charge is 2.12. The fourth-order valence-corrected chi connectivity index (χ4v) is 1.90. The Hall–Kier alpha value is -1.81. The van der Waals surface area contributed by atoms with Crippen molar-refractivity contribution in [2.45, 2.75) is 13.5 Å². The lowest BCUT2D eigenvalue weighted by Crippen LogP contribution is -2.13. The van der Waals surface area contributed by atoms with Crippen LogP contribution in [0.25, 0.3) is 11.1 Å². The van der Waals surface area contributed by atoms with E-state index in [1.54, 1.807) is 0 Å². The van der Waals surface area contributed by atoms with E-state index in [0.29, 0.717) is 24.2 Å².